The molecule has 17 N–H and O–H groups in total. The van der Waals surface area contributed by atoms with Gasteiger partial charge < -0.3 is 111 Å². The van der Waals surface area contributed by atoms with Gasteiger partial charge in [-0.1, -0.05) is 0 Å². The highest BCUT2D eigenvalue weighted by Gasteiger charge is 2.81. The number of hydrogen-bond acceptors (Lipinski definition) is 22. The van der Waals surface area contributed by atoms with Crippen molar-refractivity contribution in [3.63, 3.8) is 0 Å². The van der Waals surface area contributed by atoms with Crippen LogP contribution in [0.25, 0.3) is 0 Å². The van der Waals surface area contributed by atoms with Crippen LogP contribution in [0, 0.1) is 0 Å². The lowest BCUT2D eigenvalue weighted by atomic mass is 9.62. The zero-order valence-corrected chi connectivity index (χ0v) is 28.2. The third-order valence-electron chi connectivity index (χ3n) is 10.4. The third kappa shape index (κ3) is 7.19. The summed E-state index contributed by atoms with van der Waals surface area (Å²) in [5.74, 6) is -7.27. The Morgan fingerprint density at radius 3 is 1.94 bits per heavy atom. The van der Waals surface area contributed by atoms with Gasteiger partial charge in [-0.25, -0.2) is 4.79 Å². The standard InChI is InChI=1S/C29H49NO23/c1-7-14(37)17(40)19(42)24(49-7)29(48)28(47,23(44)21(12(6-33)52-29)51-25-20(43)18(41)16(39)11(5-32)50-25)27(26(45)46)3-9(35)13(30-8(2)34)22(53-27)15(38)10(36)4-31/h7,9-25,31-33,35-44,47-48H,3-6H2,1-2H3,(H,30,34)(H,45,46)/t7-,9-,10+,11+,12+,13+,14+,15+,16-,17+,18-,19-,20+,21+,22+,23-,24?,25-,27?,28-,29?/m0/s1. The molecule has 4 saturated heterocycles. The minimum absolute atomic E-state index is 0.911. The van der Waals surface area contributed by atoms with E-state index in [9.17, 15) is 91.3 Å². The first-order chi connectivity index (χ1) is 24.6. The number of amides is 1. The Bertz CT molecular complexity index is 1280. The number of carboxylic acid groups (broad SMARTS) is 1. The topological polar surface area (TPSA) is 416 Å². The molecule has 0 aliphatic carbocycles. The summed E-state index contributed by atoms with van der Waals surface area (Å²) in [5.41, 5.74) is -7.95. The number of aliphatic hydroxyl groups excluding tert-OH is 13. The number of aliphatic hydroxyl groups is 15. The van der Waals surface area contributed by atoms with Crippen LogP contribution in [0.4, 0.5) is 0 Å². The highest BCUT2D eigenvalue weighted by Crippen LogP contribution is 2.54. The van der Waals surface area contributed by atoms with Gasteiger partial charge in [0.15, 0.2) is 11.9 Å². The molecular formula is C29H49NO23. The molecule has 0 aromatic rings. The smallest absolute Gasteiger partial charge is 0.339 e. The fourth-order valence-corrected chi connectivity index (χ4v) is 7.43. The van der Waals surface area contributed by atoms with Crippen LogP contribution in [0.2, 0.25) is 0 Å². The Kier molecular flexibility index (Phi) is 13.5. The maximum absolute atomic E-state index is 13.5. The van der Waals surface area contributed by atoms with Gasteiger partial charge in [0.25, 0.3) is 0 Å². The number of ether oxygens (including phenoxy) is 5. The molecule has 4 rings (SSSR count). The second-order valence-electron chi connectivity index (χ2n) is 13.7. The molecule has 3 unspecified atom stereocenters. The highest BCUT2D eigenvalue weighted by molar-refractivity contribution is 5.81. The van der Waals surface area contributed by atoms with Crippen molar-refractivity contribution in [3.8, 4) is 0 Å². The number of carboxylic acids is 1. The maximum Gasteiger partial charge on any atom is 0.339 e. The van der Waals surface area contributed by atoms with Gasteiger partial charge in [0.05, 0.1) is 38.1 Å². The molecule has 0 aromatic carbocycles. The molecule has 4 heterocycles. The molecule has 0 spiro atoms. The average Bonchev–Trinajstić information content (AvgIpc) is 3.11. The van der Waals surface area contributed by atoms with E-state index in [1.807, 2.05) is 0 Å². The summed E-state index contributed by atoms with van der Waals surface area (Å²) < 4.78 is 27.7. The maximum atomic E-state index is 13.5. The minimum atomic E-state index is -4.17. The largest absolute Gasteiger partial charge is 0.479 e. The Morgan fingerprint density at radius 2 is 1.42 bits per heavy atom. The number of carbonyl (C=O) groups is 2. The summed E-state index contributed by atoms with van der Waals surface area (Å²) in [5, 5.41) is 176. The van der Waals surface area contributed by atoms with Crippen LogP contribution in [0.3, 0.4) is 0 Å². The van der Waals surface area contributed by atoms with E-state index in [-0.39, 0.29) is 0 Å². The number of nitrogens with one attached hydrogen (secondary N) is 1. The van der Waals surface area contributed by atoms with E-state index in [0.717, 1.165) is 13.8 Å². The molecular weight excluding hydrogens is 730 g/mol. The van der Waals surface area contributed by atoms with Crippen LogP contribution in [-0.4, -0.2) is 240 Å². The predicted molar refractivity (Wildman–Crippen MR) is 161 cm³/mol. The molecule has 308 valence electrons. The van der Waals surface area contributed by atoms with Crippen molar-refractivity contribution >= 4 is 11.9 Å². The lowest BCUT2D eigenvalue weighted by Gasteiger charge is -2.64. The Labute approximate surface area is 299 Å². The second kappa shape index (κ2) is 16.3. The molecule has 4 aliphatic heterocycles. The number of rotatable bonds is 11. The predicted octanol–water partition coefficient (Wildman–Crippen LogP) is -10.6. The van der Waals surface area contributed by atoms with Gasteiger partial charge in [0.1, 0.15) is 85.5 Å². The van der Waals surface area contributed by atoms with Gasteiger partial charge in [-0.3, -0.25) is 4.79 Å². The van der Waals surface area contributed by atoms with Crippen LogP contribution in [0.15, 0.2) is 0 Å². The molecule has 4 aliphatic rings. The summed E-state index contributed by atoms with van der Waals surface area (Å²) in [6, 6.07) is -1.85. The normalized spacial score (nSPS) is 50.6. The molecule has 0 radical (unpaired) electrons. The third-order valence-corrected chi connectivity index (χ3v) is 10.4. The lowest BCUT2D eigenvalue weighted by Crippen LogP contribution is -2.89. The summed E-state index contributed by atoms with van der Waals surface area (Å²) >= 11 is 0. The first kappa shape index (κ1) is 43.9. The van der Waals surface area contributed by atoms with E-state index >= 15 is 0 Å². The SMILES string of the molecule is CC(=O)N[C@H]1[C@H]([C@H](O)[C@H](O)CO)OC(C(=O)O)([C@@]2(O)[C@@H](O)[C@H](O[C@@H]3O[C@H](CO)[C@H](O)[C@H](O)[C@H]3O)[C@@H](CO)OC2(O)C2O[C@@H](C)[C@@H](O)[C@@H](O)[C@@H]2O)C[C@@H]1O. The van der Waals surface area contributed by atoms with Gasteiger partial charge in [-0.15, -0.1) is 0 Å². The quantitative estimate of drug-likeness (QED) is 0.0925. The van der Waals surface area contributed by atoms with Crippen molar-refractivity contribution in [2.24, 2.45) is 0 Å². The van der Waals surface area contributed by atoms with E-state index in [2.05, 4.69) is 5.32 Å². The van der Waals surface area contributed by atoms with E-state index < -0.39 is 165 Å². The van der Waals surface area contributed by atoms with Crippen molar-refractivity contribution in [2.75, 3.05) is 19.8 Å². The highest BCUT2D eigenvalue weighted by atomic mass is 16.7. The Hall–Kier alpha value is -1.86. The first-order valence-corrected chi connectivity index (χ1v) is 16.5. The van der Waals surface area contributed by atoms with E-state index in [1.54, 1.807) is 0 Å². The van der Waals surface area contributed by atoms with Crippen molar-refractivity contribution in [1.29, 1.82) is 0 Å². The van der Waals surface area contributed by atoms with Crippen LogP contribution in [-0.2, 0) is 33.3 Å². The summed E-state index contributed by atoms with van der Waals surface area (Å²) in [6.07, 6.45) is -39.4. The molecule has 53 heavy (non-hydrogen) atoms. The van der Waals surface area contributed by atoms with Gasteiger partial charge >= 0.3 is 5.97 Å². The molecule has 0 saturated carbocycles. The van der Waals surface area contributed by atoms with E-state index in [4.69, 9.17) is 23.7 Å². The van der Waals surface area contributed by atoms with E-state index in [0.29, 0.717) is 0 Å². The Balaban J connectivity index is 1.97. The number of carbonyl (C=O) groups excluding carboxylic acids is 1. The summed E-state index contributed by atoms with van der Waals surface area (Å²) in [4.78, 5) is 25.6. The van der Waals surface area contributed by atoms with Crippen molar-refractivity contribution in [2.45, 2.75) is 147 Å². The van der Waals surface area contributed by atoms with Gasteiger partial charge in [-0.2, -0.15) is 0 Å². The summed E-state index contributed by atoms with van der Waals surface area (Å²) in [7, 11) is 0. The molecule has 0 aromatic heterocycles. The van der Waals surface area contributed by atoms with Crippen LogP contribution in [0.5, 0.6) is 0 Å². The van der Waals surface area contributed by atoms with Gasteiger partial charge in [0, 0.05) is 13.3 Å². The number of hydrogen-bond donors (Lipinski definition) is 17. The zero-order valence-electron chi connectivity index (χ0n) is 28.2. The van der Waals surface area contributed by atoms with E-state index in [1.165, 1.54) is 0 Å². The van der Waals surface area contributed by atoms with Crippen LogP contribution >= 0.6 is 0 Å². The fraction of sp³-hybridized carbons (Fsp3) is 0.931. The van der Waals surface area contributed by atoms with Crippen molar-refractivity contribution < 1.29 is 115 Å². The molecule has 21 atom stereocenters. The van der Waals surface area contributed by atoms with Crippen molar-refractivity contribution in [1.82, 2.24) is 5.32 Å². The molecule has 24 nitrogen and oxygen atoms in total. The molecule has 4 fully saturated rings. The summed E-state index contributed by atoms with van der Waals surface area (Å²) in [6.45, 7) is -1.52. The van der Waals surface area contributed by atoms with Gasteiger partial charge in [0.2, 0.25) is 17.3 Å². The zero-order chi connectivity index (χ0) is 40.1. The average molecular weight is 780 g/mol. The van der Waals surface area contributed by atoms with Crippen LogP contribution < -0.4 is 5.32 Å². The minimum Gasteiger partial charge on any atom is -0.479 e. The number of aliphatic carboxylic acids is 1. The van der Waals surface area contributed by atoms with Gasteiger partial charge in [-0.05, 0) is 6.92 Å². The Morgan fingerprint density at radius 1 is 0.830 bits per heavy atom. The molecule has 0 bridgehead atoms. The first-order valence-electron chi connectivity index (χ1n) is 16.5. The second-order valence-corrected chi connectivity index (χ2v) is 13.7. The fourth-order valence-electron chi connectivity index (χ4n) is 7.43. The van der Waals surface area contributed by atoms with Crippen LogP contribution in [0.1, 0.15) is 20.3 Å². The monoisotopic (exact) mass is 779 g/mol. The van der Waals surface area contributed by atoms with Crippen molar-refractivity contribution in [3.05, 3.63) is 0 Å². The molecule has 1 amide bonds. The lowest BCUT2D eigenvalue weighted by molar-refractivity contribution is -0.472. The molecule has 24 heteroatoms.